The summed E-state index contributed by atoms with van der Waals surface area (Å²) < 4.78 is 34.4. The van der Waals surface area contributed by atoms with Gasteiger partial charge in [-0.3, -0.25) is 0 Å². The molecule has 7 heteroatoms. The number of anilines is 1. The van der Waals surface area contributed by atoms with E-state index in [9.17, 15) is 13.2 Å². The minimum atomic E-state index is -3.73. The molecule has 0 aromatic heterocycles. The van der Waals surface area contributed by atoms with Crippen LogP contribution in [0.1, 0.15) is 22.3 Å². The van der Waals surface area contributed by atoms with Crippen molar-refractivity contribution in [3.05, 3.63) is 96.1 Å². The predicted molar refractivity (Wildman–Crippen MR) is 115 cm³/mol. The first kappa shape index (κ1) is 19.8. The zero-order valence-corrected chi connectivity index (χ0v) is 17.0. The van der Waals surface area contributed by atoms with E-state index in [0.29, 0.717) is 29.9 Å². The number of para-hydroxylation sites is 1. The zero-order valence-electron chi connectivity index (χ0n) is 16.1. The number of carbonyl (C=O) groups excluding carboxylic acids is 1. The van der Waals surface area contributed by atoms with Gasteiger partial charge in [0.15, 0.2) is 5.84 Å². The highest BCUT2D eigenvalue weighted by atomic mass is 32.2. The summed E-state index contributed by atoms with van der Waals surface area (Å²) in [6.45, 7) is 0.646. The van der Waals surface area contributed by atoms with Crippen molar-refractivity contribution in [2.45, 2.75) is 11.3 Å². The van der Waals surface area contributed by atoms with Crippen LogP contribution in [0, 0.1) is 0 Å². The molecule has 0 unspecified atom stereocenters. The summed E-state index contributed by atoms with van der Waals surface area (Å²) in [5.74, 6) is -0.000762. The molecular weight excluding hydrogens is 400 g/mol. The second-order valence-electron chi connectivity index (χ2n) is 6.73. The number of carbonyl (C=O) groups is 1. The van der Waals surface area contributed by atoms with Gasteiger partial charge in [-0.2, -0.15) is 8.42 Å². The number of hydrogen-bond donors (Lipinski definition) is 0. The van der Waals surface area contributed by atoms with E-state index in [1.165, 1.54) is 0 Å². The zero-order chi connectivity index (χ0) is 21.0. The molecule has 0 spiro atoms. The van der Waals surface area contributed by atoms with E-state index in [4.69, 9.17) is 4.74 Å². The summed E-state index contributed by atoms with van der Waals surface area (Å²) in [6.07, 6.45) is 0.509. The molecule has 0 bridgehead atoms. The van der Waals surface area contributed by atoms with Crippen LogP contribution in [0.3, 0.4) is 0 Å². The third kappa shape index (κ3) is 4.11. The molecule has 0 amide bonds. The Labute approximate surface area is 175 Å². The Morgan fingerprint density at radius 1 is 0.867 bits per heavy atom. The van der Waals surface area contributed by atoms with Crippen molar-refractivity contribution in [1.82, 2.24) is 0 Å². The number of amidine groups is 1. The van der Waals surface area contributed by atoms with Gasteiger partial charge in [0.25, 0.3) is 10.0 Å². The molecule has 6 nitrogen and oxygen atoms in total. The van der Waals surface area contributed by atoms with Crippen LogP contribution in [-0.4, -0.2) is 33.4 Å². The fourth-order valence-corrected chi connectivity index (χ4v) is 4.50. The lowest BCUT2D eigenvalue weighted by Gasteiger charge is -2.24. The number of rotatable bonds is 6. The maximum atomic E-state index is 12.5. The van der Waals surface area contributed by atoms with Gasteiger partial charge in [-0.1, -0.05) is 48.5 Å². The van der Waals surface area contributed by atoms with Crippen LogP contribution in [0.15, 0.2) is 94.2 Å². The van der Waals surface area contributed by atoms with Crippen molar-refractivity contribution >= 4 is 27.5 Å². The molecule has 0 aliphatic carbocycles. The molecule has 3 aromatic carbocycles. The van der Waals surface area contributed by atoms with E-state index in [1.807, 2.05) is 41.3 Å². The average molecular weight is 420 g/mol. The lowest BCUT2D eigenvalue weighted by Crippen LogP contribution is -2.32. The minimum Gasteiger partial charge on any atom is -0.462 e. The lowest BCUT2D eigenvalue weighted by molar-refractivity contribution is 0.0503. The van der Waals surface area contributed by atoms with Gasteiger partial charge < -0.3 is 9.64 Å². The number of hydrogen-bond acceptors (Lipinski definition) is 5. The summed E-state index contributed by atoms with van der Waals surface area (Å²) in [4.78, 5) is 14.2. The van der Waals surface area contributed by atoms with Crippen LogP contribution in [0.2, 0.25) is 0 Å². The SMILES string of the molecule is O=C(OCCCN(C1=NS(=O)(=O)c2ccccc21)c1ccccc1)c1ccccc1. The fraction of sp³-hybridized carbons (Fsp3) is 0.130. The van der Waals surface area contributed by atoms with Crippen molar-refractivity contribution in [3.8, 4) is 0 Å². The number of esters is 1. The largest absolute Gasteiger partial charge is 0.462 e. The van der Waals surface area contributed by atoms with Gasteiger partial charge in [-0.05, 0) is 42.8 Å². The van der Waals surface area contributed by atoms with Gasteiger partial charge in [0.1, 0.15) is 4.90 Å². The predicted octanol–water partition coefficient (Wildman–Crippen LogP) is 3.89. The molecule has 0 atom stereocenters. The Morgan fingerprint density at radius 2 is 1.50 bits per heavy atom. The molecule has 0 fully saturated rings. The molecule has 1 heterocycles. The first-order valence-electron chi connectivity index (χ1n) is 9.55. The van der Waals surface area contributed by atoms with Crippen LogP contribution in [0.5, 0.6) is 0 Å². The van der Waals surface area contributed by atoms with Gasteiger partial charge in [0.2, 0.25) is 0 Å². The summed E-state index contributed by atoms with van der Waals surface area (Å²) in [6, 6.07) is 25.0. The number of nitrogens with zero attached hydrogens (tertiary/aromatic N) is 2. The van der Waals surface area contributed by atoms with Gasteiger partial charge in [-0.25, -0.2) is 4.79 Å². The van der Waals surface area contributed by atoms with Crippen molar-refractivity contribution in [3.63, 3.8) is 0 Å². The van der Waals surface area contributed by atoms with E-state index in [0.717, 1.165) is 5.69 Å². The number of fused-ring (bicyclic) bond motifs is 1. The molecule has 1 aliphatic rings. The highest BCUT2D eigenvalue weighted by Gasteiger charge is 2.32. The molecule has 0 saturated heterocycles. The van der Waals surface area contributed by atoms with Crippen molar-refractivity contribution in [2.24, 2.45) is 4.40 Å². The molecular formula is C23H20N2O4S. The highest BCUT2D eigenvalue weighted by molar-refractivity contribution is 7.90. The average Bonchev–Trinajstić information content (AvgIpc) is 3.06. The van der Waals surface area contributed by atoms with Crippen LogP contribution in [0.25, 0.3) is 0 Å². The van der Waals surface area contributed by atoms with E-state index < -0.39 is 10.0 Å². The second-order valence-corrected chi connectivity index (χ2v) is 8.30. The summed E-state index contributed by atoms with van der Waals surface area (Å²) in [7, 11) is -3.73. The van der Waals surface area contributed by atoms with Crippen LogP contribution >= 0.6 is 0 Å². The lowest BCUT2D eigenvalue weighted by atomic mass is 10.1. The number of benzene rings is 3. The second kappa shape index (κ2) is 8.51. The minimum absolute atomic E-state index is 0.205. The van der Waals surface area contributed by atoms with E-state index in [2.05, 4.69) is 4.40 Å². The van der Waals surface area contributed by atoms with Crippen molar-refractivity contribution < 1.29 is 17.9 Å². The van der Waals surface area contributed by atoms with E-state index >= 15 is 0 Å². The van der Waals surface area contributed by atoms with Crippen LogP contribution in [0.4, 0.5) is 5.69 Å². The van der Waals surface area contributed by atoms with E-state index in [1.54, 1.807) is 48.5 Å². The monoisotopic (exact) mass is 420 g/mol. The highest BCUT2D eigenvalue weighted by Crippen LogP contribution is 2.30. The Bertz CT molecular complexity index is 1180. The fourth-order valence-electron chi connectivity index (χ4n) is 3.29. The maximum Gasteiger partial charge on any atom is 0.338 e. The van der Waals surface area contributed by atoms with Crippen molar-refractivity contribution in [1.29, 1.82) is 0 Å². The van der Waals surface area contributed by atoms with Crippen LogP contribution in [-0.2, 0) is 14.8 Å². The Kier molecular flexibility index (Phi) is 5.63. The Morgan fingerprint density at radius 3 is 2.23 bits per heavy atom. The molecule has 30 heavy (non-hydrogen) atoms. The summed E-state index contributed by atoms with van der Waals surface area (Å²) in [5.41, 5.74) is 1.89. The van der Waals surface area contributed by atoms with E-state index in [-0.39, 0.29) is 17.5 Å². The van der Waals surface area contributed by atoms with Gasteiger partial charge in [0, 0.05) is 17.8 Å². The Hall–Kier alpha value is -3.45. The molecule has 0 N–H and O–H groups in total. The standard InChI is InChI=1S/C23H20N2O4S/c26-23(18-10-3-1-4-11-18)29-17-9-16-25(19-12-5-2-6-13-19)22-20-14-7-8-15-21(20)30(27,28)24-22/h1-8,10-15H,9,16-17H2. The summed E-state index contributed by atoms with van der Waals surface area (Å²) >= 11 is 0. The van der Waals surface area contributed by atoms with Gasteiger partial charge in [-0.15, -0.1) is 4.40 Å². The molecule has 3 aromatic rings. The Balaban J connectivity index is 1.52. The quantitative estimate of drug-likeness (QED) is 0.447. The van der Waals surface area contributed by atoms with Gasteiger partial charge >= 0.3 is 5.97 Å². The smallest absolute Gasteiger partial charge is 0.338 e. The molecule has 0 radical (unpaired) electrons. The van der Waals surface area contributed by atoms with Crippen molar-refractivity contribution in [2.75, 3.05) is 18.1 Å². The first-order chi connectivity index (χ1) is 14.6. The maximum absolute atomic E-state index is 12.5. The topological polar surface area (TPSA) is 76.0 Å². The number of sulfonamides is 1. The third-order valence-corrected chi connectivity index (χ3v) is 6.03. The molecule has 4 rings (SSSR count). The molecule has 152 valence electrons. The molecule has 1 aliphatic heterocycles. The number of ether oxygens (including phenoxy) is 1. The van der Waals surface area contributed by atoms with Crippen LogP contribution < -0.4 is 4.90 Å². The normalized spacial score (nSPS) is 13.9. The van der Waals surface area contributed by atoms with Gasteiger partial charge in [0.05, 0.1) is 12.2 Å². The third-order valence-electron chi connectivity index (χ3n) is 4.70. The molecule has 0 saturated carbocycles. The summed E-state index contributed by atoms with van der Waals surface area (Å²) in [5, 5.41) is 0. The first-order valence-corrected chi connectivity index (χ1v) is 11.0.